The topological polar surface area (TPSA) is 77.2 Å². The van der Waals surface area contributed by atoms with Crippen molar-refractivity contribution < 1.29 is 4.74 Å². The van der Waals surface area contributed by atoms with Gasteiger partial charge in [0.1, 0.15) is 5.69 Å². The Morgan fingerprint density at radius 3 is 2.81 bits per heavy atom. The summed E-state index contributed by atoms with van der Waals surface area (Å²) in [5.41, 5.74) is 7.49. The van der Waals surface area contributed by atoms with Crippen molar-refractivity contribution in [2.45, 2.75) is 18.9 Å². The summed E-state index contributed by atoms with van der Waals surface area (Å²) in [5.74, 6) is 0.968. The van der Waals surface area contributed by atoms with Crippen LogP contribution in [0.1, 0.15) is 12.8 Å². The summed E-state index contributed by atoms with van der Waals surface area (Å²) in [5, 5.41) is 8.21. The van der Waals surface area contributed by atoms with E-state index in [-0.39, 0.29) is 12.1 Å². The second-order valence-electron chi connectivity index (χ2n) is 5.15. The first-order valence-corrected chi connectivity index (χ1v) is 7.11. The van der Waals surface area contributed by atoms with Crippen molar-refractivity contribution >= 4 is 11.8 Å². The summed E-state index contributed by atoms with van der Waals surface area (Å²) >= 11 is 0. The van der Waals surface area contributed by atoms with Crippen molar-refractivity contribution in [3.63, 3.8) is 0 Å². The van der Waals surface area contributed by atoms with Crippen molar-refractivity contribution in [2.75, 3.05) is 30.8 Å². The quantitative estimate of drug-likeness (QED) is 0.925. The Morgan fingerprint density at radius 2 is 2.05 bits per heavy atom. The summed E-state index contributed by atoms with van der Waals surface area (Å²) in [7, 11) is 1.75. The lowest BCUT2D eigenvalue weighted by Gasteiger charge is -2.33. The molecule has 0 saturated carbocycles. The monoisotopic (exact) mass is 285 g/mol. The van der Waals surface area contributed by atoms with E-state index in [2.05, 4.69) is 20.1 Å². The molecule has 6 nitrogen and oxygen atoms in total. The maximum absolute atomic E-state index is 5.72. The highest BCUT2D eigenvalue weighted by Gasteiger charge is 2.24. The lowest BCUT2D eigenvalue weighted by atomic mass is 10.1. The van der Waals surface area contributed by atoms with Gasteiger partial charge in [-0.25, -0.2) is 4.98 Å². The number of hydrogen-bond donors (Lipinski definition) is 1. The zero-order chi connectivity index (χ0) is 14.7. The number of nitrogens with two attached hydrogens (primary N) is 1. The van der Waals surface area contributed by atoms with Gasteiger partial charge in [-0.05, 0) is 12.8 Å². The van der Waals surface area contributed by atoms with E-state index < -0.39 is 0 Å². The normalized spacial score (nSPS) is 18.7. The van der Waals surface area contributed by atoms with E-state index in [4.69, 9.17) is 10.5 Å². The van der Waals surface area contributed by atoms with Gasteiger partial charge in [0.2, 0.25) is 5.95 Å². The van der Waals surface area contributed by atoms with E-state index in [0.717, 1.165) is 43.0 Å². The number of ether oxygens (including phenoxy) is 1. The van der Waals surface area contributed by atoms with Crippen LogP contribution < -0.4 is 10.6 Å². The molecule has 110 valence electrons. The third-order valence-corrected chi connectivity index (χ3v) is 3.74. The van der Waals surface area contributed by atoms with Crippen LogP contribution in [-0.4, -0.2) is 41.5 Å². The van der Waals surface area contributed by atoms with E-state index in [1.54, 1.807) is 7.11 Å². The minimum atomic E-state index is 0.193. The van der Waals surface area contributed by atoms with Gasteiger partial charge < -0.3 is 15.4 Å². The van der Waals surface area contributed by atoms with Gasteiger partial charge in [0.25, 0.3) is 0 Å². The summed E-state index contributed by atoms with van der Waals surface area (Å²) in [6, 6.07) is 9.94. The highest BCUT2D eigenvalue weighted by Crippen LogP contribution is 2.29. The molecule has 0 radical (unpaired) electrons. The SMILES string of the molecule is COC1CCCN(c2nnc(N)nc2-c2ccccc2)C1. The van der Waals surface area contributed by atoms with Gasteiger partial charge >= 0.3 is 0 Å². The fourth-order valence-corrected chi connectivity index (χ4v) is 2.66. The Kier molecular flexibility index (Phi) is 3.96. The molecule has 1 fully saturated rings. The molecule has 21 heavy (non-hydrogen) atoms. The van der Waals surface area contributed by atoms with Gasteiger partial charge in [0, 0.05) is 25.8 Å². The molecule has 3 rings (SSSR count). The van der Waals surface area contributed by atoms with Crippen LogP contribution in [0.15, 0.2) is 30.3 Å². The zero-order valence-corrected chi connectivity index (χ0v) is 12.1. The molecule has 2 N–H and O–H groups in total. The van der Waals surface area contributed by atoms with Gasteiger partial charge in [-0.15, -0.1) is 10.2 Å². The van der Waals surface area contributed by atoms with Gasteiger partial charge in [0.15, 0.2) is 5.82 Å². The van der Waals surface area contributed by atoms with E-state index in [1.165, 1.54) is 0 Å². The molecule has 2 heterocycles. The van der Waals surface area contributed by atoms with E-state index in [0.29, 0.717) is 0 Å². The number of piperidine rings is 1. The van der Waals surface area contributed by atoms with Crippen LogP contribution in [0.25, 0.3) is 11.3 Å². The molecular weight excluding hydrogens is 266 g/mol. The molecule has 2 aromatic rings. The third-order valence-electron chi connectivity index (χ3n) is 3.74. The highest BCUT2D eigenvalue weighted by atomic mass is 16.5. The standard InChI is InChI=1S/C15H19N5O/c1-21-12-8-5-9-20(10-12)14-13(17-15(16)19-18-14)11-6-3-2-4-7-11/h2-4,6-7,12H,5,8-10H2,1H3,(H2,16,17,19). The molecule has 1 atom stereocenters. The molecule has 1 aromatic heterocycles. The molecule has 1 saturated heterocycles. The fraction of sp³-hybridized carbons (Fsp3) is 0.400. The van der Waals surface area contributed by atoms with E-state index in [9.17, 15) is 0 Å². The van der Waals surface area contributed by atoms with Crippen LogP contribution in [-0.2, 0) is 4.74 Å². The maximum Gasteiger partial charge on any atom is 0.240 e. The molecule has 0 aliphatic carbocycles. The number of nitrogen functional groups attached to an aromatic ring is 1. The summed E-state index contributed by atoms with van der Waals surface area (Å²) < 4.78 is 5.48. The van der Waals surface area contributed by atoms with Gasteiger partial charge in [-0.3, -0.25) is 0 Å². The summed E-state index contributed by atoms with van der Waals surface area (Å²) in [6.07, 6.45) is 2.36. The van der Waals surface area contributed by atoms with Crippen molar-refractivity contribution in [3.8, 4) is 11.3 Å². The Balaban J connectivity index is 1.98. The number of anilines is 2. The molecule has 6 heteroatoms. The van der Waals surface area contributed by atoms with Crippen molar-refractivity contribution in [1.29, 1.82) is 0 Å². The molecule has 0 bridgehead atoms. The average molecular weight is 285 g/mol. The number of benzene rings is 1. The van der Waals surface area contributed by atoms with Gasteiger partial charge in [0.05, 0.1) is 6.10 Å². The second kappa shape index (κ2) is 6.05. The number of hydrogen-bond acceptors (Lipinski definition) is 6. The maximum atomic E-state index is 5.72. The predicted octanol–water partition coefficient (Wildman–Crippen LogP) is 1.74. The molecular formula is C15H19N5O. The smallest absolute Gasteiger partial charge is 0.240 e. The van der Waals surface area contributed by atoms with Gasteiger partial charge in [-0.1, -0.05) is 30.3 Å². The lowest BCUT2D eigenvalue weighted by molar-refractivity contribution is 0.0891. The van der Waals surface area contributed by atoms with Gasteiger partial charge in [-0.2, -0.15) is 0 Å². The van der Waals surface area contributed by atoms with Crippen LogP contribution in [0.4, 0.5) is 11.8 Å². The predicted molar refractivity (Wildman–Crippen MR) is 81.9 cm³/mol. The van der Waals surface area contributed by atoms with Crippen molar-refractivity contribution in [3.05, 3.63) is 30.3 Å². The fourth-order valence-electron chi connectivity index (χ4n) is 2.66. The number of nitrogens with zero attached hydrogens (tertiary/aromatic N) is 4. The number of aromatic nitrogens is 3. The molecule has 1 aliphatic rings. The number of rotatable bonds is 3. The number of methoxy groups -OCH3 is 1. The third kappa shape index (κ3) is 2.95. The van der Waals surface area contributed by atoms with E-state index in [1.807, 2.05) is 30.3 Å². The first kappa shape index (κ1) is 13.8. The van der Waals surface area contributed by atoms with E-state index >= 15 is 0 Å². The first-order valence-electron chi connectivity index (χ1n) is 7.11. The molecule has 1 aromatic carbocycles. The Bertz CT molecular complexity index is 604. The Morgan fingerprint density at radius 1 is 1.24 bits per heavy atom. The van der Waals surface area contributed by atoms with Crippen LogP contribution >= 0.6 is 0 Å². The minimum Gasteiger partial charge on any atom is -0.380 e. The first-order chi connectivity index (χ1) is 10.3. The van der Waals surface area contributed by atoms with Crippen molar-refractivity contribution in [1.82, 2.24) is 15.2 Å². The summed E-state index contributed by atoms with van der Waals surface area (Å²) in [4.78, 5) is 6.57. The van der Waals surface area contributed by atoms with Crippen LogP contribution in [0.2, 0.25) is 0 Å². The minimum absolute atomic E-state index is 0.193. The second-order valence-corrected chi connectivity index (χ2v) is 5.15. The molecule has 1 aliphatic heterocycles. The highest BCUT2D eigenvalue weighted by molar-refractivity contribution is 5.72. The zero-order valence-electron chi connectivity index (χ0n) is 12.1. The molecule has 1 unspecified atom stereocenters. The largest absolute Gasteiger partial charge is 0.380 e. The summed E-state index contributed by atoms with van der Waals surface area (Å²) in [6.45, 7) is 1.73. The molecule has 0 amide bonds. The Hall–Kier alpha value is -2.21. The lowest BCUT2D eigenvalue weighted by Crippen LogP contribution is -2.40. The van der Waals surface area contributed by atoms with Crippen LogP contribution in [0, 0.1) is 0 Å². The molecule has 0 spiro atoms. The van der Waals surface area contributed by atoms with Crippen LogP contribution in [0.5, 0.6) is 0 Å². The Labute approximate surface area is 124 Å². The van der Waals surface area contributed by atoms with Crippen molar-refractivity contribution in [2.24, 2.45) is 0 Å². The van der Waals surface area contributed by atoms with Crippen LogP contribution in [0.3, 0.4) is 0 Å². The average Bonchev–Trinajstić information content (AvgIpc) is 2.55.